The van der Waals surface area contributed by atoms with E-state index in [1.165, 1.54) is 12.1 Å². The number of aryl methyl sites for hydroxylation is 2. The minimum absolute atomic E-state index is 0.0137. The number of hydrogen-bond acceptors (Lipinski definition) is 4. The van der Waals surface area contributed by atoms with Crippen molar-refractivity contribution in [2.45, 2.75) is 20.0 Å². The lowest BCUT2D eigenvalue weighted by atomic mass is 10.0. The van der Waals surface area contributed by atoms with Crippen molar-refractivity contribution in [3.8, 4) is 17.1 Å². The number of carbonyl (C=O) groups excluding carboxylic acids is 1. The molecule has 180 valence electrons. The second-order valence-electron chi connectivity index (χ2n) is 7.88. The van der Waals surface area contributed by atoms with Crippen LogP contribution in [0.2, 0.25) is 5.02 Å². The van der Waals surface area contributed by atoms with Crippen molar-refractivity contribution in [3.05, 3.63) is 92.6 Å². The lowest BCUT2D eigenvalue weighted by Gasteiger charge is -2.15. The molecule has 0 bridgehead atoms. The van der Waals surface area contributed by atoms with Crippen LogP contribution in [0.25, 0.3) is 22.3 Å². The van der Waals surface area contributed by atoms with Gasteiger partial charge in [-0.05, 0) is 61.4 Å². The first-order valence-electron chi connectivity index (χ1n) is 10.5. The summed E-state index contributed by atoms with van der Waals surface area (Å²) in [6.45, 7) is 2.98. The van der Waals surface area contributed by atoms with E-state index in [1.807, 2.05) is 13.8 Å². The highest BCUT2D eigenvalue weighted by molar-refractivity contribution is 6.33. The molecule has 0 unspecified atom stereocenters. The number of hydrogen-bond donors (Lipinski definition) is 1. The zero-order chi connectivity index (χ0) is 25.3. The van der Waals surface area contributed by atoms with E-state index in [0.29, 0.717) is 11.1 Å². The molecule has 9 heteroatoms. The van der Waals surface area contributed by atoms with Gasteiger partial charge in [0.2, 0.25) is 11.2 Å². The molecule has 1 N–H and O–H groups in total. The monoisotopic (exact) mass is 501 g/mol. The highest BCUT2D eigenvalue weighted by Gasteiger charge is 2.33. The number of fused-ring (bicyclic) bond motifs is 1. The molecule has 1 aromatic heterocycles. The molecule has 0 radical (unpaired) electrons. The molecule has 0 aliphatic carbocycles. The van der Waals surface area contributed by atoms with E-state index in [2.05, 4.69) is 5.32 Å². The summed E-state index contributed by atoms with van der Waals surface area (Å²) < 4.78 is 51.3. The maximum atomic E-state index is 13.3. The number of nitrogens with one attached hydrogen (secondary N) is 1. The maximum Gasteiger partial charge on any atom is 0.418 e. The van der Waals surface area contributed by atoms with Gasteiger partial charge in [0.25, 0.3) is 5.91 Å². The van der Waals surface area contributed by atoms with Gasteiger partial charge in [0, 0.05) is 5.56 Å². The van der Waals surface area contributed by atoms with Crippen molar-refractivity contribution in [3.63, 3.8) is 0 Å². The van der Waals surface area contributed by atoms with E-state index in [-0.39, 0.29) is 21.9 Å². The topological polar surface area (TPSA) is 68.5 Å². The first kappa shape index (κ1) is 24.3. The SMILES string of the molecule is Cc1cc2oc(-c3ccccc3Cl)c(OCC(=O)Nc3ccccc3C(F)(F)F)c(=O)c2cc1C. The third-order valence-electron chi connectivity index (χ3n) is 5.44. The van der Waals surface area contributed by atoms with E-state index in [0.717, 1.165) is 23.3 Å². The minimum Gasteiger partial charge on any atom is -0.476 e. The molecule has 5 nitrogen and oxygen atoms in total. The summed E-state index contributed by atoms with van der Waals surface area (Å²) in [6, 6.07) is 14.6. The Balaban J connectivity index is 1.72. The standard InChI is InChI=1S/C26H19ClF3NO4/c1-14-11-17-21(12-15(14)2)35-24(16-7-3-5-9-19(16)27)25(23(17)33)34-13-22(32)31-20-10-6-4-8-18(20)26(28,29)30/h3-12H,13H2,1-2H3,(H,31,32). The fraction of sp³-hybridized carbons (Fsp3) is 0.154. The molecule has 35 heavy (non-hydrogen) atoms. The molecule has 4 aromatic rings. The molecule has 4 rings (SSSR count). The number of para-hydroxylation sites is 1. The van der Waals surface area contributed by atoms with Crippen molar-refractivity contribution in [1.29, 1.82) is 0 Å². The lowest BCUT2D eigenvalue weighted by molar-refractivity contribution is -0.137. The van der Waals surface area contributed by atoms with Crippen LogP contribution in [0, 0.1) is 13.8 Å². The number of anilines is 1. The molecule has 0 spiro atoms. The van der Waals surface area contributed by atoms with Crippen LogP contribution in [0.4, 0.5) is 18.9 Å². The summed E-state index contributed by atoms with van der Waals surface area (Å²) in [7, 11) is 0. The summed E-state index contributed by atoms with van der Waals surface area (Å²) in [5, 5.41) is 2.71. The molecular formula is C26H19ClF3NO4. The number of rotatable bonds is 5. The van der Waals surface area contributed by atoms with Crippen LogP contribution in [-0.2, 0) is 11.0 Å². The van der Waals surface area contributed by atoms with Crippen LogP contribution in [0.15, 0.2) is 69.9 Å². The maximum absolute atomic E-state index is 13.3. The Morgan fingerprint density at radius 3 is 2.40 bits per heavy atom. The predicted octanol–water partition coefficient (Wildman–Crippen LogP) is 6.77. The normalized spacial score (nSPS) is 11.5. The summed E-state index contributed by atoms with van der Waals surface area (Å²) >= 11 is 6.32. The number of amides is 1. The van der Waals surface area contributed by atoms with Crippen molar-refractivity contribution in [1.82, 2.24) is 0 Å². The second-order valence-corrected chi connectivity index (χ2v) is 8.29. The first-order valence-corrected chi connectivity index (χ1v) is 10.9. The van der Waals surface area contributed by atoms with Gasteiger partial charge in [-0.25, -0.2) is 0 Å². The average molecular weight is 502 g/mol. The van der Waals surface area contributed by atoms with Crippen LogP contribution in [-0.4, -0.2) is 12.5 Å². The minimum atomic E-state index is -4.66. The number of ether oxygens (including phenoxy) is 1. The number of benzene rings is 3. The van der Waals surface area contributed by atoms with Crippen LogP contribution in [0.1, 0.15) is 16.7 Å². The highest BCUT2D eigenvalue weighted by atomic mass is 35.5. The van der Waals surface area contributed by atoms with Gasteiger partial charge in [-0.1, -0.05) is 35.9 Å². The van der Waals surface area contributed by atoms with Gasteiger partial charge in [-0.2, -0.15) is 13.2 Å². The Morgan fingerprint density at radius 2 is 1.69 bits per heavy atom. The molecule has 0 saturated heterocycles. The van der Waals surface area contributed by atoms with E-state index >= 15 is 0 Å². The molecule has 0 saturated carbocycles. The zero-order valence-corrected chi connectivity index (χ0v) is 19.4. The lowest BCUT2D eigenvalue weighted by Crippen LogP contribution is -2.24. The fourth-order valence-corrected chi connectivity index (χ4v) is 3.77. The Morgan fingerprint density at radius 1 is 1.03 bits per heavy atom. The molecule has 0 aliphatic rings. The van der Waals surface area contributed by atoms with Crippen LogP contribution in [0.3, 0.4) is 0 Å². The molecule has 1 heterocycles. The summed E-state index contributed by atoms with van der Waals surface area (Å²) in [5.74, 6) is -1.14. The summed E-state index contributed by atoms with van der Waals surface area (Å²) in [6.07, 6.45) is -4.66. The van der Waals surface area contributed by atoms with Gasteiger partial charge < -0.3 is 14.5 Å². The zero-order valence-electron chi connectivity index (χ0n) is 18.6. The molecule has 3 aromatic carbocycles. The van der Waals surface area contributed by atoms with Gasteiger partial charge in [0.1, 0.15) is 5.58 Å². The Kier molecular flexibility index (Phi) is 6.58. The third kappa shape index (κ3) is 5.02. The molecule has 0 fully saturated rings. The predicted molar refractivity (Wildman–Crippen MR) is 128 cm³/mol. The van der Waals surface area contributed by atoms with E-state index in [1.54, 1.807) is 36.4 Å². The van der Waals surface area contributed by atoms with Crippen molar-refractivity contribution >= 4 is 34.2 Å². The summed E-state index contributed by atoms with van der Waals surface area (Å²) in [4.78, 5) is 25.8. The molecule has 1 amide bonds. The van der Waals surface area contributed by atoms with E-state index in [9.17, 15) is 22.8 Å². The fourth-order valence-electron chi connectivity index (χ4n) is 3.55. The van der Waals surface area contributed by atoms with Crippen molar-refractivity contribution in [2.24, 2.45) is 0 Å². The van der Waals surface area contributed by atoms with Crippen LogP contribution in [0.5, 0.6) is 5.75 Å². The molecule has 0 atom stereocenters. The average Bonchev–Trinajstić information content (AvgIpc) is 2.80. The number of alkyl halides is 3. The quantitative estimate of drug-likeness (QED) is 0.328. The first-order chi connectivity index (χ1) is 16.6. The molecular weight excluding hydrogens is 483 g/mol. The van der Waals surface area contributed by atoms with Gasteiger partial charge in [-0.3, -0.25) is 9.59 Å². The van der Waals surface area contributed by atoms with Crippen LogP contribution < -0.4 is 15.5 Å². The Hall–Kier alpha value is -3.78. The second kappa shape index (κ2) is 9.46. The largest absolute Gasteiger partial charge is 0.476 e. The highest BCUT2D eigenvalue weighted by Crippen LogP contribution is 2.36. The third-order valence-corrected chi connectivity index (χ3v) is 5.77. The smallest absolute Gasteiger partial charge is 0.418 e. The van der Waals surface area contributed by atoms with Gasteiger partial charge in [0.15, 0.2) is 12.4 Å². The number of carbonyl (C=O) groups is 1. The van der Waals surface area contributed by atoms with Gasteiger partial charge in [-0.15, -0.1) is 0 Å². The molecule has 0 aliphatic heterocycles. The Bertz CT molecular complexity index is 1490. The Labute approximate surface area is 203 Å². The van der Waals surface area contributed by atoms with Crippen molar-refractivity contribution < 1.29 is 27.1 Å². The van der Waals surface area contributed by atoms with Gasteiger partial charge in [0.05, 0.1) is 21.7 Å². The van der Waals surface area contributed by atoms with E-state index < -0.39 is 35.4 Å². The van der Waals surface area contributed by atoms with Crippen molar-refractivity contribution in [2.75, 3.05) is 11.9 Å². The van der Waals surface area contributed by atoms with E-state index in [4.69, 9.17) is 20.8 Å². The number of halogens is 4. The summed E-state index contributed by atoms with van der Waals surface area (Å²) in [5.41, 5.74) is 0.475. The van der Waals surface area contributed by atoms with Crippen LogP contribution >= 0.6 is 11.6 Å². The van der Waals surface area contributed by atoms with Gasteiger partial charge >= 0.3 is 6.18 Å².